The number of unbranched alkanes of at least 4 members (excludes halogenated alkanes) is 2. The van der Waals surface area contributed by atoms with Crippen LogP contribution < -0.4 is 27.0 Å². The van der Waals surface area contributed by atoms with Crippen LogP contribution in [-0.4, -0.2) is 112 Å². The Morgan fingerprint density at radius 2 is 1.50 bits per heavy atom. The van der Waals surface area contributed by atoms with Gasteiger partial charge in [0.15, 0.2) is 0 Å². The van der Waals surface area contributed by atoms with Crippen molar-refractivity contribution in [1.29, 1.82) is 0 Å². The Morgan fingerprint density at radius 3 is 2.21 bits per heavy atom. The highest BCUT2D eigenvalue weighted by molar-refractivity contribution is 5.97. The van der Waals surface area contributed by atoms with Gasteiger partial charge in [-0.1, -0.05) is 68.3 Å². The molecule has 0 saturated carbocycles. The van der Waals surface area contributed by atoms with Crippen LogP contribution >= 0.6 is 0 Å². The number of fused-ring (bicyclic) bond motifs is 1. The van der Waals surface area contributed by atoms with Crippen LogP contribution in [0.4, 0.5) is 4.79 Å². The molecule has 0 radical (unpaired) electrons. The second kappa shape index (κ2) is 22.2. The number of hydrogen-bond acceptors (Lipinski definition) is 8. The molecule has 2 aliphatic heterocycles. The molecular weight excluding hydrogens is 793 g/mol. The minimum atomic E-state index is -1.09. The van der Waals surface area contributed by atoms with E-state index in [2.05, 4.69) is 26.3 Å². The molecule has 16 heteroatoms. The van der Waals surface area contributed by atoms with Gasteiger partial charge >= 0.3 is 6.09 Å². The van der Waals surface area contributed by atoms with Crippen molar-refractivity contribution < 1.29 is 38.3 Å². The molecule has 7 N–H and O–H groups in total. The molecule has 1 aromatic heterocycles. The fraction of sp³-hybridized carbons (Fsp3) is 0.543. The molecule has 2 aliphatic rings. The summed E-state index contributed by atoms with van der Waals surface area (Å²) < 4.78 is 5.27. The van der Waals surface area contributed by atoms with Crippen LogP contribution in [0.3, 0.4) is 0 Å². The molecule has 3 heterocycles. The predicted molar refractivity (Wildman–Crippen MR) is 234 cm³/mol. The number of aromatic amines is 1. The normalized spacial score (nSPS) is 17.8. The molecule has 7 amide bonds. The van der Waals surface area contributed by atoms with Gasteiger partial charge in [-0.25, -0.2) is 4.79 Å². The van der Waals surface area contributed by atoms with Gasteiger partial charge in [-0.15, -0.1) is 0 Å². The number of nitrogens with zero attached hydrogens (tertiary/aromatic N) is 2. The number of ether oxygens (including phenoxy) is 1. The fourth-order valence-electron chi connectivity index (χ4n) is 8.18. The van der Waals surface area contributed by atoms with Gasteiger partial charge in [-0.2, -0.15) is 0 Å². The van der Waals surface area contributed by atoms with Crippen molar-refractivity contribution in [3.05, 3.63) is 71.9 Å². The first-order valence-electron chi connectivity index (χ1n) is 22.0. The van der Waals surface area contributed by atoms with Gasteiger partial charge in [0.1, 0.15) is 35.8 Å². The lowest BCUT2D eigenvalue weighted by Crippen LogP contribution is -2.59. The van der Waals surface area contributed by atoms with E-state index in [1.165, 1.54) is 9.80 Å². The first-order valence-corrected chi connectivity index (χ1v) is 22.0. The van der Waals surface area contributed by atoms with Gasteiger partial charge in [-0.3, -0.25) is 28.8 Å². The molecule has 2 aromatic carbocycles. The highest BCUT2D eigenvalue weighted by Gasteiger charge is 2.44. The number of likely N-dealkylation sites (tertiary alicyclic amines) is 2. The van der Waals surface area contributed by atoms with Gasteiger partial charge in [0.05, 0.1) is 0 Å². The van der Waals surface area contributed by atoms with Crippen molar-refractivity contribution in [2.75, 3.05) is 19.6 Å². The highest BCUT2D eigenvalue weighted by atomic mass is 16.6. The lowest BCUT2D eigenvalue weighted by atomic mass is 10.0. The van der Waals surface area contributed by atoms with Gasteiger partial charge in [-0.05, 0) is 82.9 Å². The Hall–Kier alpha value is -5.93. The van der Waals surface area contributed by atoms with Crippen LogP contribution in [0.5, 0.6) is 0 Å². The first kappa shape index (κ1) is 47.1. The summed E-state index contributed by atoms with van der Waals surface area (Å²) in [6, 6.07) is 12.2. The van der Waals surface area contributed by atoms with E-state index in [0.717, 1.165) is 28.5 Å². The quantitative estimate of drug-likeness (QED) is 0.0916. The number of amides is 7. The summed E-state index contributed by atoms with van der Waals surface area (Å²) in [5.41, 5.74) is 7.42. The number of benzene rings is 2. The zero-order valence-electron chi connectivity index (χ0n) is 36.5. The largest absolute Gasteiger partial charge is 0.444 e. The summed E-state index contributed by atoms with van der Waals surface area (Å²) in [5, 5.41) is 12.2. The molecule has 5 rings (SSSR count). The monoisotopic (exact) mass is 856 g/mol. The fourth-order valence-corrected chi connectivity index (χ4v) is 8.18. The van der Waals surface area contributed by atoms with E-state index in [1.807, 2.05) is 61.5 Å². The van der Waals surface area contributed by atoms with Crippen molar-refractivity contribution in [3.8, 4) is 0 Å². The maximum absolute atomic E-state index is 14.7. The number of primary amides is 1. The molecule has 1 unspecified atom stereocenters. The van der Waals surface area contributed by atoms with E-state index in [9.17, 15) is 33.6 Å². The van der Waals surface area contributed by atoms with E-state index in [1.54, 1.807) is 27.0 Å². The summed E-state index contributed by atoms with van der Waals surface area (Å²) in [6.07, 6.45) is 6.41. The van der Waals surface area contributed by atoms with Gasteiger partial charge < -0.3 is 46.5 Å². The number of alkyl carbamates (subject to hydrolysis) is 1. The first-order chi connectivity index (χ1) is 29.6. The molecule has 62 heavy (non-hydrogen) atoms. The summed E-state index contributed by atoms with van der Waals surface area (Å²) in [6.45, 7) is 8.21. The number of H-pyrrole nitrogens is 1. The van der Waals surface area contributed by atoms with Crippen molar-refractivity contribution >= 4 is 52.4 Å². The maximum Gasteiger partial charge on any atom is 0.407 e. The third-order valence-electron chi connectivity index (χ3n) is 11.3. The van der Waals surface area contributed by atoms with E-state index >= 15 is 0 Å². The van der Waals surface area contributed by atoms with Crippen molar-refractivity contribution in [1.82, 2.24) is 36.1 Å². The molecular formula is C46H64N8O8. The molecule has 16 nitrogen and oxygen atoms in total. The zero-order valence-corrected chi connectivity index (χ0v) is 36.5. The van der Waals surface area contributed by atoms with Crippen LogP contribution in [0.15, 0.2) is 60.8 Å². The van der Waals surface area contributed by atoms with Gasteiger partial charge in [0, 0.05) is 56.0 Å². The predicted octanol–water partition coefficient (Wildman–Crippen LogP) is 3.76. The van der Waals surface area contributed by atoms with Crippen LogP contribution in [0.1, 0.15) is 103 Å². The Morgan fingerprint density at radius 1 is 0.806 bits per heavy atom. The maximum atomic E-state index is 14.7. The second-order valence-corrected chi connectivity index (χ2v) is 17.3. The Labute approximate surface area is 363 Å². The molecule has 0 aliphatic carbocycles. The standard InChI is InChI=1S/C46H64N8O8/c1-5-6-19-34(40(47)56)51-42(58)37-21-14-25-53(37)44(60)38-22-15-26-54(38)43(59)36(27-30-16-8-7-9-17-30)52-41(57)35(28-31-29-49-33-20-11-10-18-32(31)33)50-39(55)23-12-13-24-48-45(61)62-46(2,3)4/h7-11,16-18,20,29,34-38,49H,5-6,12-15,19,21-28H2,1-4H3,(H2,47,56)(H,48,61)(H,50,55)(H,51,58)(H,52,57)/t34-,35+,36-,37?,38+/m0/s1. The molecule has 2 saturated heterocycles. The summed E-state index contributed by atoms with van der Waals surface area (Å²) in [5.74, 6) is -2.80. The van der Waals surface area contributed by atoms with E-state index in [0.29, 0.717) is 64.5 Å². The average molecular weight is 857 g/mol. The Kier molecular flexibility index (Phi) is 16.9. The molecule has 2 fully saturated rings. The molecule has 336 valence electrons. The number of carbonyl (C=O) groups is 7. The number of rotatable bonds is 20. The lowest BCUT2D eigenvalue weighted by molar-refractivity contribution is -0.148. The lowest BCUT2D eigenvalue weighted by Gasteiger charge is -2.33. The van der Waals surface area contributed by atoms with Gasteiger partial charge in [0.2, 0.25) is 35.4 Å². The zero-order chi connectivity index (χ0) is 44.8. The summed E-state index contributed by atoms with van der Waals surface area (Å²) in [7, 11) is 0. The Balaban J connectivity index is 1.31. The topological polar surface area (TPSA) is 225 Å². The molecule has 0 bridgehead atoms. The minimum absolute atomic E-state index is 0.0923. The molecule has 5 atom stereocenters. The SMILES string of the molecule is CCCC[C@H](NC(=O)C1CCCN1C(=O)[C@H]1CCCN1C(=O)[C@H](Cc1ccccc1)NC(=O)[C@@H](Cc1c[nH]c2ccccc12)NC(=O)CCCCNC(=O)OC(C)(C)C)C(N)=O. The number of nitrogens with two attached hydrogens (primary N) is 1. The number of carbonyl (C=O) groups excluding carboxylic acids is 7. The number of hydrogen-bond donors (Lipinski definition) is 6. The highest BCUT2D eigenvalue weighted by Crippen LogP contribution is 2.27. The number of aromatic nitrogens is 1. The molecule has 3 aromatic rings. The van der Waals surface area contributed by atoms with Crippen molar-refractivity contribution in [2.45, 2.75) is 141 Å². The van der Waals surface area contributed by atoms with Crippen LogP contribution in [0.25, 0.3) is 10.9 Å². The van der Waals surface area contributed by atoms with E-state index in [4.69, 9.17) is 10.5 Å². The minimum Gasteiger partial charge on any atom is -0.444 e. The smallest absolute Gasteiger partial charge is 0.407 e. The van der Waals surface area contributed by atoms with Crippen LogP contribution in [0, 0.1) is 0 Å². The number of nitrogens with one attached hydrogen (secondary N) is 5. The summed E-state index contributed by atoms with van der Waals surface area (Å²) >= 11 is 0. The van der Waals surface area contributed by atoms with E-state index in [-0.39, 0.29) is 37.6 Å². The van der Waals surface area contributed by atoms with Crippen molar-refractivity contribution in [2.24, 2.45) is 5.73 Å². The third-order valence-corrected chi connectivity index (χ3v) is 11.3. The third kappa shape index (κ3) is 13.3. The average Bonchev–Trinajstić information content (AvgIpc) is 4.02. The molecule has 0 spiro atoms. The second-order valence-electron chi connectivity index (χ2n) is 17.3. The van der Waals surface area contributed by atoms with Crippen LogP contribution in [-0.2, 0) is 46.3 Å². The van der Waals surface area contributed by atoms with Crippen LogP contribution in [0.2, 0.25) is 0 Å². The van der Waals surface area contributed by atoms with Gasteiger partial charge in [0.25, 0.3) is 0 Å². The Bertz CT molecular complexity index is 2030. The number of para-hydroxylation sites is 1. The van der Waals surface area contributed by atoms with E-state index < -0.39 is 65.5 Å². The summed E-state index contributed by atoms with van der Waals surface area (Å²) in [4.78, 5) is 101. The van der Waals surface area contributed by atoms with Crippen molar-refractivity contribution in [3.63, 3.8) is 0 Å².